The maximum atomic E-state index is 13.7. The van der Waals surface area contributed by atoms with E-state index in [9.17, 15) is 23.1 Å². The van der Waals surface area contributed by atoms with Crippen LogP contribution >= 0.6 is 0 Å². The Morgan fingerprint density at radius 3 is 2.24 bits per heavy atom. The van der Waals surface area contributed by atoms with Crippen LogP contribution in [-0.4, -0.2) is 64.7 Å². The number of likely N-dealkylation sites (tertiary alicyclic amines) is 1. The number of sulfone groups is 1. The van der Waals surface area contributed by atoms with E-state index in [1.807, 2.05) is 12.1 Å². The zero-order valence-corrected chi connectivity index (χ0v) is 24.8. The Balaban J connectivity index is 1.50. The van der Waals surface area contributed by atoms with Gasteiger partial charge in [0.1, 0.15) is 6.04 Å². The van der Waals surface area contributed by atoms with Crippen LogP contribution in [-0.2, 0) is 26.0 Å². The molecule has 1 aromatic heterocycles. The molecule has 1 aromatic carbocycles. The first-order valence-corrected chi connectivity index (χ1v) is 16.6. The number of aromatic nitrogens is 1. The minimum atomic E-state index is -3.37. The van der Waals surface area contributed by atoms with E-state index in [0.717, 1.165) is 25.5 Å². The van der Waals surface area contributed by atoms with Crippen molar-refractivity contribution in [2.24, 2.45) is 5.92 Å². The Hall–Kier alpha value is -3.08. The molecule has 9 nitrogen and oxygen atoms in total. The maximum Gasteiger partial charge on any atom is 0.249 e. The topological polar surface area (TPSA) is 120 Å². The highest BCUT2D eigenvalue weighted by molar-refractivity contribution is 7.90. The highest BCUT2D eigenvalue weighted by Crippen LogP contribution is 2.34. The lowest BCUT2D eigenvalue weighted by Gasteiger charge is -2.40. The van der Waals surface area contributed by atoms with Crippen molar-refractivity contribution in [3.63, 3.8) is 0 Å². The van der Waals surface area contributed by atoms with Gasteiger partial charge in [0.25, 0.3) is 0 Å². The first-order valence-electron chi connectivity index (χ1n) is 14.7. The molecule has 0 unspecified atom stereocenters. The third-order valence-corrected chi connectivity index (χ3v) is 9.01. The van der Waals surface area contributed by atoms with Gasteiger partial charge in [-0.1, -0.05) is 76.5 Å². The number of amides is 2. The first-order chi connectivity index (χ1) is 19.7. The third kappa shape index (κ3) is 7.81. The molecule has 3 heterocycles. The van der Waals surface area contributed by atoms with Crippen molar-refractivity contribution < 1.29 is 23.1 Å². The van der Waals surface area contributed by atoms with Crippen LogP contribution in [0.5, 0.6) is 0 Å². The fourth-order valence-corrected chi connectivity index (χ4v) is 6.21. The largest absolute Gasteiger partial charge is 0.391 e. The smallest absolute Gasteiger partial charge is 0.249 e. The van der Waals surface area contributed by atoms with Crippen molar-refractivity contribution >= 4 is 27.3 Å². The van der Waals surface area contributed by atoms with Crippen LogP contribution in [0.25, 0.3) is 0 Å². The number of hydrogen-bond donors (Lipinski definition) is 2. The highest BCUT2D eigenvalue weighted by Gasteiger charge is 2.53. The van der Waals surface area contributed by atoms with Crippen molar-refractivity contribution in [1.82, 2.24) is 14.9 Å². The summed E-state index contributed by atoms with van der Waals surface area (Å²) in [6.45, 7) is 2.28. The van der Waals surface area contributed by atoms with Gasteiger partial charge < -0.3 is 10.5 Å². The van der Waals surface area contributed by atoms with Gasteiger partial charge in [-0.15, -0.1) is 0 Å². The SMILES string of the molecule is CCCCCCCCCC[C@@H](O)[C@H]1C=C[C@H]2C(=O)N(Cc3ccccn3)C(=O)[C@H]2N1Nc1ccc(S(C)(=O)=O)cc1. The van der Waals surface area contributed by atoms with E-state index in [0.29, 0.717) is 17.8 Å². The van der Waals surface area contributed by atoms with Gasteiger partial charge in [-0.3, -0.25) is 19.5 Å². The summed E-state index contributed by atoms with van der Waals surface area (Å²) in [5.41, 5.74) is 4.40. The number of nitrogens with zero attached hydrogens (tertiary/aromatic N) is 3. The monoisotopic (exact) mass is 582 g/mol. The molecule has 0 radical (unpaired) electrons. The van der Waals surface area contributed by atoms with Gasteiger partial charge in [-0.2, -0.15) is 0 Å². The molecule has 2 aliphatic rings. The fourth-order valence-electron chi connectivity index (χ4n) is 5.58. The van der Waals surface area contributed by atoms with Gasteiger partial charge in [-0.05, 0) is 42.8 Å². The fraction of sp³-hybridized carbons (Fsp3) is 0.516. The van der Waals surface area contributed by atoms with Crippen molar-refractivity contribution in [3.05, 3.63) is 66.5 Å². The van der Waals surface area contributed by atoms with Gasteiger partial charge in [0.05, 0.1) is 35.2 Å². The number of aliphatic hydroxyl groups is 1. The second kappa shape index (κ2) is 14.2. The van der Waals surface area contributed by atoms with Gasteiger partial charge >= 0.3 is 0 Å². The molecular formula is C31H42N4O5S. The molecule has 2 aromatic rings. The second-order valence-electron chi connectivity index (χ2n) is 11.1. The van der Waals surface area contributed by atoms with Crippen molar-refractivity contribution in [2.75, 3.05) is 11.7 Å². The van der Waals surface area contributed by atoms with Crippen LogP contribution in [0.15, 0.2) is 65.7 Å². The Morgan fingerprint density at radius 2 is 1.61 bits per heavy atom. The van der Waals surface area contributed by atoms with E-state index < -0.39 is 33.9 Å². The molecule has 41 heavy (non-hydrogen) atoms. The van der Waals surface area contributed by atoms with E-state index in [-0.39, 0.29) is 23.3 Å². The summed E-state index contributed by atoms with van der Waals surface area (Å²) < 4.78 is 23.9. The van der Waals surface area contributed by atoms with E-state index in [1.54, 1.807) is 41.5 Å². The lowest BCUT2D eigenvalue weighted by molar-refractivity contribution is -0.140. The molecule has 2 N–H and O–H groups in total. The Morgan fingerprint density at radius 1 is 0.927 bits per heavy atom. The van der Waals surface area contributed by atoms with Crippen molar-refractivity contribution in [3.8, 4) is 0 Å². The number of imide groups is 1. The Kier molecular flexibility index (Phi) is 10.7. The minimum absolute atomic E-state index is 0.0712. The zero-order chi connectivity index (χ0) is 29.4. The summed E-state index contributed by atoms with van der Waals surface area (Å²) in [6, 6.07) is 10.2. The summed E-state index contributed by atoms with van der Waals surface area (Å²) in [7, 11) is -3.37. The number of unbranched alkanes of at least 4 members (excludes halogenated alkanes) is 7. The standard InChI is InChI=1S/C31H42N4O5S/c1-3-4-5-6-7-8-9-10-14-28(36)27-20-19-26-29(31(38)34(30(26)37)22-24-13-11-12-21-32-24)35(27)33-23-15-17-25(18-16-23)41(2,39)40/h11-13,15-21,26-29,33,36H,3-10,14,22H2,1-2H3/t26-,27-,28-,29+/m1/s1. The van der Waals surface area contributed by atoms with Crippen LogP contribution in [0.4, 0.5) is 5.69 Å². The normalized spacial score (nSPS) is 21.7. The predicted octanol–water partition coefficient (Wildman–Crippen LogP) is 4.50. The minimum Gasteiger partial charge on any atom is -0.391 e. The number of nitrogens with one attached hydrogen (secondary N) is 1. The molecular weight excluding hydrogens is 540 g/mol. The summed E-state index contributed by atoms with van der Waals surface area (Å²) in [5, 5.41) is 13.0. The number of rotatable bonds is 15. The van der Waals surface area contributed by atoms with Crippen molar-refractivity contribution in [1.29, 1.82) is 0 Å². The predicted molar refractivity (Wildman–Crippen MR) is 158 cm³/mol. The molecule has 4 atom stereocenters. The van der Waals surface area contributed by atoms with Gasteiger partial charge in [0.15, 0.2) is 9.84 Å². The quantitative estimate of drug-likeness (QED) is 0.179. The van der Waals surface area contributed by atoms with Gasteiger partial charge in [0.2, 0.25) is 11.8 Å². The second-order valence-corrected chi connectivity index (χ2v) is 13.1. The number of anilines is 1. The van der Waals surface area contributed by atoms with Crippen molar-refractivity contribution in [2.45, 2.75) is 94.3 Å². The molecule has 4 rings (SSSR count). The lowest BCUT2D eigenvalue weighted by atomic mass is 9.91. The molecule has 1 fully saturated rings. The summed E-state index contributed by atoms with van der Waals surface area (Å²) in [5.74, 6) is -1.38. The first kappa shape index (κ1) is 30.9. The molecule has 222 valence electrons. The molecule has 2 aliphatic heterocycles. The van der Waals surface area contributed by atoms with E-state index >= 15 is 0 Å². The highest BCUT2D eigenvalue weighted by atomic mass is 32.2. The number of carbonyl (C=O) groups excluding carboxylic acids is 2. The Labute approximate surface area is 243 Å². The molecule has 10 heteroatoms. The summed E-state index contributed by atoms with van der Waals surface area (Å²) in [4.78, 5) is 32.8. The molecule has 1 saturated heterocycles. The Bertz CT molecular complexity index is 1300. The van der Waals surface area contributed by atoms with Crippen LogP contribution in [0, 0.1) is 5.92 Å². The van der Waals surface area contributed by atoms with Crippen LogP contribution in [0.1, 0.15) is 70.4 Å². The van der Waals surface area contributed by atoms with E-state index in [1.165, 1.54) is 49.1 Å². The zero-order valence-electron chi connectivity index (χ0n) is 24.0. The number of benzene rings is 1. The number of aliphatic hydroxyl groups excluding tert-OH is 1. The number of pyridine rings is 1. The van der Waals surface area contributed by atoms with Gasteiger partial charge in [0, 0.05) is 18.1 Å². The van der Waals surface area contributed by atoms with E-state index in [2.05, 4.69) is 17.3 Å². The molecule has 2 amide bonds. The third-order valence-electron chi connectivity index (χ3n) is 7.88. The summed E-state index contributed by atoms with van der Waals surface area (Å²) >= 11 is 0. The molecule has 0 bridgehead atoms. The number of hydrogen-bond acceptors (Lipinski definition) is 8. The number of fused-ring (bicyclic) bond motifs is 1. The molecule has 0 aliphatic carbocycles. The molecule has 0 spiro atoms. The van der Waals surface area contributed by atoms with Crippen LogP contribution in [0.2, 0.25) is 0 Å². The number of carbonyl (C=O) groups is 2. The maximum absolute atomic E-state index is 13.7. The van der Waals surface area contributed by atoms with Gasteiger partial charge in [-0.25, -0.2) is 13.4 Å². The van der Waals surface area contributed by atoms with E-state index in [4.69, 9.17) is 0 Å². The molecule has 0 saturated carbocycles. The number of hydrazine groups is 1. The lowest BCUT2D eigenvalue weighted by Crippen LogP contribution is -2.57. The van der Waals surface area contributed by atoms with Crippen LogP contribution < -0.4 is 5.43 Å². The summed E-state index contributed by atoms with van der Waals surface area (Å²) in [6.07, 6.45) is 15.4. The average Bonchev–Trinajstić information content (AvgIpc) is 3.20. The van der Waals surface area contributed by atoms with Crippen LogP contribution in [0.3, 0.4) is 0 Å². The average molecular weight is 583 g/mol.